The molecule has 0 fully saturated rings. The van der Waals surface area contributed by atoms with Crippen molar-refractivity contribution in [1.29, 1.82) is 5.26 Å². The van der Waals surface area contributed by atoms with Crippen LogP contribution in [0.5, 0.6) is 0 Å². The van der Waals surface area contributed by atoms with E-state index in [0.717, 1.165) is 22.4 Å². The van der Waals surface area contributed by atoms with Crippen molar-refractivity contribution in [3.05, 3.63) is 126 Å². The molecule has 136 valence electrons. The second-order valence-corrected chi connectivity index (χ2v) is 6.85. The summed E-state index contributed by atoms with van der Waals surface area (Å²) in [6, 6.07) is 33.6. The zero-order chi connectivity index (χ0) is 19.4. The SMILES string of the molecule is CC(C#N)c1cncn1C(c1ccccc1)(c1ccccc1)c1ccccc1. The summed E-state index contributed by atoms with van der Waals surface area (Å²) in [7, 11) is 0. The summed E-state index contributed by atoms with van der Waals surface area (Å²) in [6.07, 6.45) is 3.65. The number of nitriles is 1. The highest BCUT2D eigenvalue weighted by atomic mass is 15.1. The van der Waals surface area contributed by atoms with E-state index in [0.29, 0.717) is 0 Å². The highest BCUT2D eigenvalue weighted by Gasteiger charge is 2.40. The Morgan fingerprint density at radius 3 is 1.61 bits per heavy atom. The van der Waals surface area contributed by atoms with E-state index >= 15 is 0 Å². The molecule has 3 nitrogen and oxygen atoms in total. The monoisotopic (exact) mass is 363 g/mol. The van der Waals surface area contributed by atoms with Crippen LogP contribution in [-0.2, 0) is 5.54 Å². The first-order valence-electron chi connectivity index (χ1n) is 9.37. The summed E-state index contributed by atoms with van der Waals surface area (Å²) >= 11 is 0. The lowest BCUT2D eigenvalue weighted by Crippen LogP contribution is -2.38. The molecule has 0 aliphatic heterocycles. The van der Waals surface area contributed by atoms with Gasteiger partial charge in [-0.2, -0.15) is 5.26 Å². The number of benzene rings is 3. The van der Waals surface area contributed by atoms with Crippen LogP contribution in [0.3, 0.4) is 0 Å². The van der Waals surface area contributed by atoms with Crippen LogP contribution in [0.1, 0.15) is 35.2 Å². The number of hydrogen-bond donors (Lipinski definition) is 0. The van der Waals surface area contributed by atoms with E-state index in [9.17, 15) is 5.26 Å². The average Bonchev–Trinajstić information content (AvgIpc) is 3.26. The van der Waals surface area contributed by atoms with Crippen LogP contribution in [0.2, 0.25) is 0 Å². The lowest BCUT2D eigenvalue weighted by molar-refractivity contribution is 0.492. The molecule has 4 rings (SSSR count). The molecular formula is C25H21N3. The van der Waals surface area contributed by atoms with Crippen molar-refractivity contribution in [3.63, 3.8) is 0 Å². The van der Waals surface area contributed by atoms with Gasteiger partial charge in [0.15, 0.2) is 0 Å². The molecule has 0 bridgehead atoms. The van der Waals surface area contributed by atoms with Gasteiger partial charge in [-0.25, -0.2) is 4.98 Å². The standard InChI is InChI=1S/C25H21N3/c1-20(17-26)24-18-27-19-28(24)25(21-11-5-2-6-12-21,22-13-7-3-8-14-22)23-15-9-4-10-16-23/h2-16,18-20H,1H3. The fraction of sp³-hybridized carbons (Fsp3) is 0.120. The highest BCUT2D eigenvalue weighted by molar-refractivity contribution is 5.51. The van der Waals surface area contributed by atoms with Crippen molar-refractivity contribution in [2.75, 3.05) is 0 Å². The molecule has 0 spiro atoms. The molecule has 1 heterocycles. The number of hydrogen-bond acceptors (Lipinski definition) is 2. The summed E-state index contributed by atoms with van der Waals surface area (Å²) in [5, 5.41) is 9.62. The molecule has 3 heteroatoms. The van der Waals surface area contributed by atoms with Crippen molar-refractivity contribution in [3.8, 4) is 6.07 Å². The van der Waals surface area contributed by atoms with Gasteiger partial charge in [0, 0.05) is 6.20 Å². The van der Waals surface area contributed by atoms with E-state index in [1.54, 1.807) is 6.20 Å². The molecule has 0 amide bonds. The van der Waals surface area contributed by atoms with Crippen LogP contribution >= 0.6 is 0 Å². The molecule has 28 heavy (non-hydrogen) atoms. The largest absolute Gasteiger partial charge is 0.315 e. The predicted molar refractivity (Wildman–Crippen MR) is 111 cm³/mol. The molecule has 1 unspecified atom stereocenters. The first-order chi connectivity index (χ1) is 13.8. The number of rotatable bonds is 5. The molecular weight excluding hydrogens is 342 g/mol. The predicted octanol–water partition coefficient (Wildman–Crippen LogP) is 5.35. The zero-order valence-corrected chi connectivity index (χ0v) is 15.7. The van der Waals surface area contributed by atoms with Gasteiger partial charge in [-0.3, -0.25) is 0 Å². The minimum absolute atomic E-state index is 0.280. The quantitative estimate of drug-likeness (QED) is 0.449. The Kier molecular flexibility index (Phi) is 4.78. The topological polar surface area (TPSA) is 41.6 Å². The Labute approximate surface area is 165 Å². The molecule has 1 aromatic heterocycles. The molecule has 0 saturated heterocycles. The minimum atomic E-state index is -0.624. The van der Waals surface area contributed by atoms with E-state index in [1.807, 2.05) is 31.5 Å². The van der Waals surface area contributed by atoms with Crippen LogP contribution in [0.25, 0.3) is 0 Å². The Balaban J connectivity index is 2.15. The first kappa shape index (κ1) is 17.8. The molecule has 0 aliphatic rings. The summed E-state index contributed by atoms with van der Waals surface area (Å²) in [5.41, 5.74) is 3.63. The van der Waals surface area contributed by atoms with Gasteiger partial charge in [0.05, 0.1) is 24.0 Å². The summed E-state index contributed by atoms with van der Waals surface area (Å²) in [5.74, 6) is -0.280. The van der Waals surface area contributed by atoms with Gasteiger partial charge in [0.2, 0.25) is 0 Å². The minimum Gasteiger partial charge on any atom is -0.315 e. The third kappa shape index (κ3) is 2.80. The fourth-order valence-electron chi connectivity index (χ4n) is 3.93. The maximum atomic E-state index is 9.62. The van der Waals surface area contributed by atoms with Gasteiger partial charge in [0.25, 0.3) is 0 Å². The normalized spacial score (nSPS) is 12.3. The lowest BCUT2D eigenvalue weighted by atomic mass is 9.76. The van der Waals surface area contributed by atoms with E-state index in [-0.39, 0.29) is 5.92 Å². The van der Waals surface area contributed by atoms with Crippen LogP contribution in [0.15, 0.2) is 104 Å². The van der Waals surface area contributed by atoms with Crippen LogP contribution in [-0.4, -0.2) is 9.55 Å². The van der Waals surface area contributed by atoms with Crippen LogP contribution in [0, 0.1) is 11.3 Å². The Morgan fingerprint density at radius 2 is 1.21 bits per heavy atom. The van der Waals surface area contributed by atoms with E-state index in [1.165, 1.54) is 0 Å². The van der Waals surface area contributed by atoms with E-state index < -0.39 is 5.54 Å². The molecule has 4 aromatic rings. The second-order valence-electron chi connectivity index (χ2n) is 6.85. The maximum absolute atomic E-state index is 9.62. The van der Waals surface area contributed by atoms with Crippen molar-refractivity contribution >= 4 is 0 Å². The van der Waals surface area contributed by atoms with Gasteiger partial charge < -0.3 is 4.57 Å². The first-order valence-corrected chi connectivity index (χ1v) is 9.37. The third-order valence-corrected chi connectivity index (χ3v) is 5.24. The molecule has 3 aromatic carbocycles. The van der Waals surface area contributed by atoms with Crippen molar-refractivity contribution in [2.45, 2.75) is 18.4 Å². The van der Waals surface area contributed by atoms with Gasteiger partial charge >= 0.3 is 0 Å². The molecule has 0 aliphatic carbocycles. The number of nitrogens with zero attached hydrogens (tertiary/aromatic N) is 3. The summed E-state index contributed by atoms with van der Waals surface area (Å²) in [4.78, 5) is 4.45. The molecule has 0 radical (unpaired) electrons. The van der Waals surface area contributed by atoms with E-state index in [4.69, 9.17) is 0 Å². The van der Waals surface area contributed by atoms with Crippen molar-refractivity contribution in [1.82, 2.24) is 9.55 Å². The second kappa shape index (κ2) is 7.54. The van der Waals surface area contributed by atoms with Gasteiger partial charge in [-0.05, 0) is 23.6 Å². The number of imidazole rings is 1. The smallest absolute Gasteiger partial charge is 0.121 e. The zero-order valence-electron chi connectivity index (χ0n) is 15.7. The summed E-state index contributed by atoms with van der Waals surface area (Å²) < 4.78 is 2.15. The Morgan fingerprint density at radius 1 is 0.786 bits per heavy atom. The lowest BCUT2D eigenvalue weighted by Gasteiger charge is -2.39. The molecule has 0 N–H and O–H groups in total. The van der Waals surface area contributed by atoms with Crippen molar-refractivity contribution < 1.29 is 0 Å². The van der Waals surface area contributed by atoms with Crippen molar-refractivity contribution in [2.24, 2.45) is 0 Å². The third-order valence-electron chi connectivity index (χ3n) is 5.24. The molecule has 0 saturated carbocycles. The highest BCUT2D eigenvalue weighted by Crippen LogP contribution is 2.42. The van der Waals surface area contributed by atoms with Crippen LogP contribution in [0.4, 0.5) is 0 Å². The number of aromatic nitrogens is 2. The van der Waals surface area contributed by atoms with E-state index in [2.05, 4.69) is 88.4 Å². The fourth-order valence-corrected chi connectivity index (χ4v) is 3.93. The summed E-state index contributed by atoms with van der Waals surface area (Å²) in [6.45, 7) is 1.92. The maximum Gasteiger partial charge on any atom is 0.121 e. The molecule has 1 atom stereocenters. The Hall–Kier alpha value is -3.64. The average molecular weight is 363 g/mol. The van der Waals surface area contributed by atoms with Gasteiger partial charge in [0.1, 0.15) is 5.54 Å². The van der Waals surface area contributed by atoms with Gasteiger partial charge in [-0.1, -0.05) is 91.0 Å². The van der Waals surface area contributed by atoms with Crippen LogP contribution < -0.4 is 0 Å². The van der Waals surface area contributed by atoms with Gasteiger partial charge in [-0.15, -0.1) is 0 Å². The Bertz CT molecular complexity index is 980.